The Labute approximate surface area is 137 Å². The Bertz CT molecular complexity index is 315. The number of unbranched alkanes of at least 4 members (excludes halogenated alkanes) is 11. The predicted molar refractivity (Wildman–Crippen MR) is 92.9 cm³/mol. The summed E-state index contributed by atoms with van der Waals surface area (Å²) in [6.45, 7) is 3.37. The summed E-state index contributed by atoms with van der Waals surface area (Å²) in [5.74, 6) is -0.203. The van der Waals surface area contributed by atoms with Gasteiger partial charge in [-0.05, 0) is 12.8 Å². The van der Waals surface area contributed by atoms with Crippen LogP contribution in [0.4, 0.5) is 0 Å². The molecule has 0 aromatic rings. The van der Waals surface area contributed by atoms with Gasteiger partial charge in [0, 0.05) is 13.2 Å². The Balaban J connectivity index is 3.03. The van der Waals surface area contributed by atoms with Crippen LogP contribution in [0.5, 0.6) is 0 Å². The molecular weight excluding hydrogens is 300 g/mol. The fourth-order valence-electron chi connectivity index (χ4n) is 2.49. The van der Waals surface area contributed by atoms with E-state index in [1.807, 2.05) is 0 Å². The Morgan fingerprint density at radius 3 is 1.55 bits per heavy atom. The van der Waals surface area contributed by atoms with Crippen LogP contribution < -0.4 is 0 Å². The second-order valence-electron chi connectivity index (χ2n) is 6.14. The van der Waals surface area contributed by atoms with Gasteiger partial charge in [-0.2, -0.15) is 8.42 Å². The highest BCUT2D eigenvalue weighted by Crippen LogP contribution is 2.11. The SMILES string of the molecule is CCCCCCCCCCCCCCOCCCS(=O)(=O)O. The quantitative estimate of drug-likeness (QED) is 0.300. The van der Waals surface area contributed by atoms with Crippen LogP contribution >= 0.6 is 0 Å². The zero-order valence-electron chi connectivity index (χ0n) is 14.4. The van der Waals surface area contributed by atoms with Crippen molar-refractivity contribution in [2.75, 3.05) is 19.0 Å². The third kappa shape index (κ3) is 19.9. The van der Waals surface area contributed by atoms with E-state index in [-0.39, 0.29) is 5.75 Å². The first kappa shape index (κ1) is 21.9. The Morgan fingerprint density at radius 2 is 1.09 bits per heavy atom. The van der Waals surface area contributed by atoms with E-state index in [2.05, 4.69) is 6.92 Å². The van der Waals surface area contributed by atoms with Crippen LogP contribution in [0.15, 0.2) is 0 Å². The van der Waals surface area contributed by atoms with Crippen LogP contribution in [-0.2, 0) is 14.9 Å². The highest BCUT2D eigenvalue weighted by molar-refractivity contribution is 7.85. The lowest BCUT2D eigenvalue weighted by Crippen LogP contribution is -2.07. The summed E-state index contributed by atoms with van der Waals surface area (Å²) < 4.78 is 34.9. The van der Waals surface area contributed by atoms with E-state index in [9.17, 15) is 8.42 Å². The molecule has 0 unspecified atom stereocenters. The van der Waals surface area contributed by atoms with E-state index in [4.69, 9.17) is 9.29 Å². The molecule has 0 rings (SSSR count). The molecule has 0 aliphatic heterocycles. The summed E-state index contributed by atoms with van der Waals surface area (Å²) in [7, 11) is -3.82. The first-order chi connectivity index (χ1) is 10.6. The van der Waals surface area contributed by atoms with Crippen molar-refractivity contribution in [3.05, 3.63) is 0 Å². The molecule has 0 heterocycles. The van der Waals surface area contributed by atoms with Crippen molar-refractivity contribution >= 4 is 10.1 Å². The zero-order valence-corrected chi connectivity index (χ0v) is 15.2. The number of ether oxygens (including phenoxy) is 1. The Morgan fingerprint density at radius 1 is 0.682 bits per heavy atom. The van der Waals surface area contributed by atoms with E-state index in [1.54, 1.807) is 0 Å². The van der Waals surface area contributed by atoms with Crippen molar-refractivity contribution < 1.29 is 17.7 Å². The third-order valence-corrected chi connectivity index (χ3v) is 4.64. The fraction of sp³-hybridized carbons (Fsp3) is 1.00. The van der Waals surface area contributed by atoms with Crippen LogP contribution in [0, 0.1) is 0 Å². The van der Waals surface area contributed by atoms with E-state index in [1.165, 1.54) is 70.6 Å². The summed E-state index contributed by atoms with van der Waals surface area (Å²) in [5.41, 5.74) is 0. The Kier molecular flexibility index (Phi) is 15.7. The van der Waals surface area contributed by atoms with Gasteiger partial charge in [0.25, 0.3) is 10.1 Å². The van der Waals surface area contributed by atoms with E-state index >= 15 is 0 Å². The molecule has 0 spiro atoms. The number of rotatable bonds is 17. The summed E-state index contributed by atoms with van der Waals surface area (Å²) in [6, 6.07) is 0. The largest absolute Gasteiger partial charge is 0.381 e. The maximum Gasteiger partial charge on any atom is 0.264 e. The predicted octanol–water partition coefficient (Wildman–Crippen LogP) is 4.98. The van der Waals surface area contributed by atoms with Gasteiger partial charge in [0.1, 0.15) is 0 Å². The van der Waals surface area contributed by atoms with Gasteiger partial charge in [-0.3, -0.25) is 4.55 Å². The van der Waals surface area contributed by atoms with Gasteiger partial charge in [0.05, 0.1) is 5.75 Å². The minimum atomic E-state index is -3.82. The molecule has 0 amide bonds. The van der Waals surface area contributed by atoms with Gasteiger partial charge < -0.3 is 4.74 Å². The molecule has 5 heteroatoms. The molecule has 0 aliphatic carbocycles. The van der Waals surface area contributed by atoms with Crippen molar-refractivity contribution in [1.82, 2.24) is 0 Å². The van der Waals surface area contributed by atoms with E-state index < -0.39 is 10.1 Å². The second-order valence-corrected chi connectivity index (χ2v) is 7.71. The van der Waals surface area contributed by atoms with Crippen molar-refractivity contribution in [3.63, 3.8) is 0 Å². The fourth-order valence-corrected chi connectivity index (χ4v) is 2.97. The lowest BCUT2D eigenvalue weighted by atomic mass is 10.1. The monoisotopic (exact) mass is 336 g/mol. The molecule has 22 heavy (non-hydrogen) atoms. The molecule has 0 atom stereocenters. The third-order valence-electron chi connectivity index (χ3n) is 3.83. The smallest absolute Gasteiger partial charge is 0.264 e. The molecule has 0 radical (unpaired) electrons. The number of hydrogen-bond acceptors (Lipinski definition) is 3. The van der Waals surface area contributed by atoms with Crippen molar-refractivity contribution in [2.24, 2.45) is 0 Å². The Hall–Kier alpha value is -0.130. The zero-order chi connectivity index (χ0) is 16.5. The molecule has 0 bridgehead atoms. The van der Waals surface area contributed by atoms with Crippen molar-refractivity contribution in [2.45, 2.75) is 90.4 Å². The molecule has 0 saturated carbocycles. The minimum Gasteiger partial charge on any atom is -0.381 e. The first-order valence-electron chi connectivity index (χ1n) is 9.09. The standard InChI is InChI=1S/C17H36O4S/c1-2-3-4-5-6-7-8-9-10-11-12-13-15-21-16-14-17-22(18,19)20/h2-17H2,1H3,(H,18,19,20). The van der Waals surface area contributed by atoms with Gasteiger partial charge in [0.15, 0.2) is 0 Å². The highest BCUT2D eigenvalue weighted by Gasteiger charge is 2.02. The average Bonchev–Trinajstić information content (AvgIpc) is 2.45. The topological polar surface area (TPSA) is 63.6 Å². The van der Waals surface area contributed by atoms with Crippen LogP contribution in [0.2, 0.25) is 0 Å². The van der Waals surface area contributed by atoms with Crippen molar-refractivity contribution in [3.8, 4) is 0 Å². The van der Waals surface area contributed by atoms with E-state index in [0.717, 1.165) is 6.42 Å². The highest BCUT2D eigenvalue weighted by atomic mass is 32.2. The maximum absolute atomic E-state index is 10.5. The van der Waals surface area contributed by atoms with Crippen LogP contribution in [-0.4, -0.2) is 31.9 Å². The van der Waals surface area contributed by atoms with Gasteiger partial charge in [-0.15, -0.1) is 0 Å². The van der Waals surface area contributed by atoms with Gasteiger partial charge >= 0.3 is 0 Å². The van der Waals surface area contributed by atoms with Crippen molar-refractivity contribution in [1.29, 1.82) is 0 Å². The summed E-state index contributed by atoms with van der Waals surface area (Å²) in [5, 5.41) is 0. The average molecular weight is 337 g/mol. The molecule has 0 saturated heterocycles. The molecular formula is C17H36O4S. The lowest BCUT2D eigenvalue weighted by molar-refractivity contribution is 0.130. The number of hydrogen-bond donors (Lipinski definition) is 1. The van der Waals surface area contributed by atoms with Crippen LogP contribution in [0.25, 0.3) is 0 Å². The maximum atomic E-state index is 10.5. The van der Waals surface area contributed by atoms with Crippen LogP contribution in [0.3, 0.4) is 0 Å². The summed E-state index contributed by atoms with van der Waals surface area (Å²) in [4.78, 5) is 0. The molecule has 0 aromatic carbocycles. The van der Waals surface area contributed by atoms with Gasteiger partial charge in [-0.1, -0.05) is 77.6 Å². The van der Waals surface area contributed by atoms with Gasteiger partial charge in [-0.25, -0.2) is 0 Å². The molecule has 0 aliphatic rings. The summed E-state index contributed by atoms with van der Waals surface area (Å²) >= 11 is 0. The van der Waals surface area contributed by atoms with Crippen LogP contribution in [0.1, 0.15) is 90.4 Å². The lowest BCUT2D eigenvalue weighted by Gasteiger charge is -2.04. The second kappa shape index (κ2) is 15.8. The minimum absolute atomic E-state index is 0.203. The first-order valence-corrected chi connectivity index (χ1v) is 10.7. The molecule has 134 valence electrons. The van der Waals surface area contributed by atoms with E-state index in [0.29, 0.717) is 19.6 Å². The molecule has 4 nitrogen and oxygen atoms in total. The summed E-state index contributed by atoms with van der Waals surface area (Å²) in [6.07, 6.45) is 16.2. The molecule has 0 aromatic heterocycles. The normalized spacial score (nSPS) is 11.9. The molecule has 0 fully saturated rings. The van der Waals surface area contributed by atoms with Gasteiger partial charge in [0.2, 0.25) is 0 Å². The molecule has 1 N–H and O–H groups in total.